The summed E-state index contributed by atoms with van der Waals surface area (Å²) in [5.41, 5.74) is 1.03. The highest BCUT2D eigenvalue weighted by molar-refractivity contribution is 6.14. The van der Waals surface area contributed by atoms with Crippen LogP contribution in [0, 0.1) is 0 Å². The highest BCUT2D eigenvalue weighted by Gasteiger charge is 2.13. The summed E-state index contributed by atoms with van der Waals surface area (Å²) < 4.78 is 6.96. The number of aliphatic hydroxyl groups is 1. The first-order chi connectivity index (χ1) is 11.6. The van der Waals surface area contributed by atoms with Crippen molar-refractivity contribution in [2.24, 2.45) is 0 Å². The average Bonchev–Trinajstić information content (AvgIpc) is 2.58. The highest BCUT2D eigenvalue weighted by atomic mass is 16.5. The molecule has 0 aliphatic rings. The van der Waals surface area contributed by atoms with Crippen LogP contribution in [0.2, 0.25) is 0 Å². The van der Waals surface area contributed by atoms with Crippen molar-refractivity contribution in [3.8, 4) is 0 Å². The van der Waals surface area contributed by atoms with Gasteiger partial charge in [0.1, 0.15) is 0 Å². The van der Waals surface area contributed by atoms with Crippen LogP contribution in [0.4, 0.5) is 5.69 Å². The van der Waals surface area contributed by atoms with Crippen molar-refractivity contribution in [1.82, 2.24) is 4.57 Å². The topological polar surface area (TPSA) is 54.7 Å². The lowest BCUT2D eigenvalue weighted by Gasteiger charge is -2.18. The number of hydrogen-bond donors (Lipinski definition) is 1. The second-order valence-electron chi connectivity index (χ2n) is 5.99. The molecule has 2 aromatic carbocycles. The van der Waals surface area contributed by atoms with Crippen molar-refractivity contribution in [2.45, 2.75) is 6.54 Å². The maximum Gasteiger partial charge on any atom is 0.259 e. The molecule has 1 N–H and O–H groups in total. The molecule has 1 aromatic heterocycles. The lowest BCUT2D eigenvalue weighted by Crippen LogP contribution is -2.34. The van der Waals surface area contributed by atoms with E-state index in [4.69, 9.17) is 9.84 Å². The molecule has 3 aromatic rings. The Kier molecular flexibility index (Phi) is 4.55. The van der Waals surface area contributed by atoms with Crippen LogP contribution in [0.1, 0.15) is 0 Å². The molecule has 0 saturated carbocycles. The monoisotopic (exact) mass is 326 g/mol. The van der Waals surface area contributed by atoms with E-state index in [9.17, 15) is 4.79 Å². The quantitative estimate of drug-likeness (QED) is 0.695. The first-order valence-electron chi connectivity index (χ1n) is 7.99. The summed E-state index contributed by atoms with van der Waals surface area (Å²) in [6.45, 7) is 5.16. The fourth-order valence-electron chi connectivity index (χ4n) is 3.17. The zero-order valence-electron chi connectivity index (χ0n) is 14.1. The molecule has 0 aliphatic heterocycles. The molecule has 5 heteroatoms. The lowest BCUT2D eigenvalue weighted by molar-refractivity contribution is 0.0863. The maximum atomic E-state index is 12.9. The fraction of sp³-hybridized carbons (Fsp3) is 0.316. The molecule has 0 aliphatic carbocycles. The Balaban J connectivity index is 2.23. The molecular formula is C19H22N2O3. The van der Waals surface area contributed by atoms with Gasteiger partial charge in [-0.1, -0.05) is 24.8 Å². The van der Waals surface area contributed by atoms with Gasteiger partial charge in [0.25, 0.3) is 5.56 Å². The van der Waals surface area contributed by atoms with Crippen LogP contribution >= 0.6 is 0 Å². The van der Waals surface area contributed by atoms with E-state index < -0.39 is 0 Å². The third-order valence-corrected chi connectivity index (χ3v) is 4.31. The van der Waals surface area contributed by atoms with Crippen molar-refractivity contribution >= 4 is 33.8 Å². The lowest BCUT2D eigenvalue weighted by atomic mass is 10.00. The number of rotatable bonds is 6. The largest absolute Gasteiger partial charge is 0.394 e. The standard InChI is InChI=1S/C19H22N2O3/c1-13-14-7-8-17(20(2)3)15-5-4-6-16(18(14)15)19(23)21(13)9-11-24-12-10-22/h4-8,22H,1,9-12H2,2-3H3. The van der Waals surface area contributed by atoms with Crippen molar-refractivity contribution in [2.75, 3.05) is 38.8 Å². The number of aromatic nitrogens is 1. The second kappa shape index (κ2) is 6.63. The van der Waals surface area contributed by atoms with Gasteiger partial charge in [0.05, 0.1) is 19.8 Å². The van der Waals surface area contributed by atoms with Gasteiger partial charge in [-0.05, 0) is 12.1 Å². The van der Waals surface area contributed by atoms with Gasteiger partial charge in [0.15, 0.2) is 0 Å². The van der Waals surface area contributed by atoms with Crippen LogP contribution in [0.25, 0.3) is 28.1 Å². The number of benzene rings is 2. The average molecular weight is 326 g/mol. The minimum Gasteiger partial charge on any atom is -0.394 e. The van der Waals surface area contributed by atoms with Crippen LogP contribution in [0.15, 0.2) is 35.1 Å². The van der Waals surface area contributed by atoms with E-state index in [0.717, 1.165) is 21.8 Å². The molecule has 3 rings (SSSR count). The zero-order valence-corrected chi connectivity index (χ0v) is 14.1. The van der Waals surface area contributed by atoms with E-state index in [1.807, 2.05) is 43.3 Å². The van der Waals surface area contributed by atoms with Gasteiger partial charge < -0.3 is 19.3 Å². The predicted octanol–water partition coefficient (Wildman–Crippen LogP) is 1.36. The minimum absolute atomic E-state index is 0.0235. The first kappa shape index (κ1) is 16.5. The Morgan fingerprint density at radius 2 is 1.88 bits per heavy atom. The van der Waals surface area contributed by atoms with Crippen molar-refractivity contribution in [3.05, 3.63) is 46.0 Å². The molecule has 0 atom stereocenters. The van der Waals surface area contributed by atoms with Gasteiger partial charge in [0.2, 0.25) is 0 Å². The van der Waals surface area contributed by atoms with Crippen LogP contribution in [0.5, 0.6) is 0 Å². The van der Waals surface area contributed by atoms with E-state index in [0.29, 0.717) is 23.9 Å². The van der Waals surface area contributed by atoms with Gasteiger partial charge >= 0.3 is 0 Å². The Morgan fingerprint density at radius 1 is 1.12 bits per heavy atom. The summed E-state index contributed by atoms with van der Waals surface area (Å²) in [6, 6.07) is 9.90. The molecule has 0 unspecified atom stereocenters. The van der Waals surface area contributed by atoms with Crippen LogP contribution in [-0.2, 0) is 11.3 Å². The third-order valence-electron chi connectivity index (χ3n) is 4.31. The van der Waals surface area contributed by atoms with Gasteiger partial charge in [-0.25, -0.2) is 0 Å². The zero-order chi connectivity index (χ0) is 17.3. The second-order valence-corrected chi connectivity index (χ2v) is 5.99. The third kappa shape index (κ3) is 2.66. The molecular weight excluding hydrogens is 304 g/mol. The smallest absolute Gasteiger partial charge is 0.259 e. The van der Waals surface area contributed by atoms with Crippen molar-refractivity contribution in [1.29, 1.82) is 0 Å². The van der Waals surface area contributed by atoms with Gasteiger partial charge in [-0.2, -0.15) is 0 Å². The summed E-state index contributed by atoms with van der Waals surface area (Å²) in [4.78, 5) is 15.0. The highest BCUT2D eigenvalue weighted by Crippen LogP contribution is 2.30. The molecule has 126 valence electrons. The molecule has 0 radical (unpaired) electrons. The van der Waals surface area contributed by atoms with Gasteiger partial charge in [-0.15, -0.1) is 0 Å². The number of pyridine rings is 1. The molecule has 0 saturated heterocycles. The Labute approximate surface area is 140 Å². The summed E-state index contributed by atoms with van der Waals surface area (Å²) >= 11 is 0. The van der Waals surface area contributed by atoms with E-state index in [1.165, 1.54) is 0 Å². The molecule has 0 spiro atoms. The van der Waals surface area contributed by atoms with Crippen LogP contribution in [-0.4, -0.2) is 43.6 Å². The summed E-state index contributed by atoms with van der Waals surface area (Å²) in [6.07, 6.45) is 0. The summed E-state index contributed by atoms with van der Waals surface area (Å²) in [7, 11) is 3.99. The van der Waals surface area contributed by atoms with E-state index in [-0.39, 0.29) is 18.8 Å². The predicted molar refractivity (Wildman–Crippen MR) is 98.7 cm³/mol. The normalized spacial score (nSPS) is 11.5. The molecule has 1 heterocycles. The van der Waals surface area contributed by atoms with Gasteiger partial charge in [-0.3, -0.25) is 4.79 Å². The van der Waals surface area contributed by atoms with Crippen LogP contribution < -0.4 is 15.8 Å². The Bertz CT molecular complexity index is 943. The number of hydrogen-bond acceptors (Lipinski definition) is 4. The van der Waals surface area contributed by atoms with Crippen molar-refractivity contribution in [3.63, 3.8) is 0 Å². The molecule has 5 nitrogen and oxygen atoms in total. The Hall–Kier alpha value is -2.37. The van der Waals surface area contributed by atoms with E-state index in [1.54, 1.807) is 4.57 Å². The maximum absolute atomic E-state index is 12.9. The SMILES string of the molecule is C=c1c2ccc(N(C)C)c3cccc(c(=O)n1CCOCCO)c32. The summed E-state index contributed by atoms with van der Waals surface area (Å²) in [5.74, 6) is 0. The number of ether oxygens (including phenoxy) is 1. The number of aliphatic hydroxyl groups excluding tert-OH is 1. The summed E-state index contributed by atoms with van der Waals surface area (Å²) in [5, 5.41) is 13.2. The van der Waals surface area contributed by atoms with Crippen molar-refractivity contribution < 1.29 is 9.84 Å². The number of nitrogens with zero attached hydrogens (tertiary/aromatic N) is 2. The molecule has 24 heavy (non-hydrogen) atoms. The first-order valence-corrected chi connectivity index (χ1v) is 7.99. The van der Waals surface area contributed by atoms with Crippen LogP contribution in [0.3, 0.4) is 0 Å². The molecule has 0 fully saturated rings. The molecule has 0 bridgehead atoms. The van der Waals surface area contributed by atoms with E-state index in [2.05, 4.69) is 12.6 Å². The van der Waals surface area contributed by atoms with Gasteiger partial charge in [0, 0.05) is 53.2 Å². The number of anilines is 1. The Morgan fingerprint density at radius 3 is 2.58 bits per heavy atom. The minimum atomic E-state index is -0.0541. The molecule has 0 amide bonds. The van der Waals surface area contributed by atoms with E-state index >= 15 is 0 Å². The fourth-order valence-corrected chi connectivity index (χ4v) is 3.17.